The Morgan fingerprint density at radius 2 is 2.30 bits per heavy atom. The highest BCUT2D eigenvalue weighted by atomic mass is 19.1. The van der Waals surface area contributed by atoms with Crippen molar-refractivity contribution in [2.75, 3.05) is 19.6 Å². The Labute approximate surface area is 119 Å². The summed E-state index contributed by atoms with van der Waals surface area (Å²) < 4.78 is 13.6. The van der Waals surface area contributed by atoms with Crippen LogP contribution in [0, 0.1) is 23.6 Å². The van der Waals surface area contributed by atoms with Gasteiger partial charge < -0.3 is 10.8 Å². The van der Waals surface area contributed by atoms with Crippen molar-refractivity contribution in [3.05, 3.63) is 35.1 Å². The van der Waals surface area contributed by atoms with Crippen molar-refractivity contribution in [1.29, 1.82) is 0 Å². The van der Waals surface area contributed by atoms with E-state index in [0.717, 1.165) is 25.1 Å². The second-order valence-electron chi connectivity index (χ2n) is 5.38. The maximum atomic E-state index is 13.6. The summed E-state index contributed by atoms with van der Waals surface area (Å²) in [5.41, 5.74) is 6.91. The Kier molecular flexibility index (Phi) is 5.13. The molecule has 0 aromatic heterocycles. The van der Waals surface area contributed by atoms with Gasteiger partial charge in [0.15, 0.2) is 0 Å². The molecule has 0 aliphatic carbocycles. The lowest BCUT2D eigenvalue weighted by Crippen LogP contribution is -2.24. The number of hydrogen-bond acceptors (Lipinski definition) is 3. The first-order chi connectivity index (χ1) is 9.58. The summed E-state index contributed by atoms with van der Waals surface area (Å²) in [6.07, 6.45) is 0.714. The molecule has 1 heterocycles. The summed E-state index contributed by atoms with van der Waals surface area (Å²) in [5, 5.41) is 9.60. The van der Waals surface area contributed by atoms with Crippen molar-refractivity contribution in [3.8, 4) is 11.8 Å². The van der Waals surface area contributed by atoms with Crippen molar-refractivity contribution >= 4 is 0 Å². The molecular formula is C16H21FN2O. The SMILES string of the molecule is CC(O)C1CCN(Cc2cc(F)cc(C#CCN)c2)C1. The van der Waals surface area contributed by atoms with E-state index in [1.165, 1.54) is 6.07 Å². The maximum Gasteiger partial charge on any atom is 0.124 e. The van der Waals surface area contributed by atoms with Crippen molar-refractivity contribution in [3.63, 3.8) is 0 Å². The van der Waals surface area contributed by atoms with Crippen LogP contribution in [0.25, 0.3) is 0 Å². The van der Waals surface area contributed by atoms with Crippen LogP contribution < -0.4 is 5.73 Å². The third-order valence-corrected chi connectivity index (χ3v) is 3.69. The van der Waals surface area contributed by atoms with Crippen LogP contribution in [0.3, 0.4) is 0 Å². The lowest BCUT2D eigenvalue weighted by atomic mass is 10.0. The molecule has 1 aromatic rings. The molecule has 108 valence electrons. The fraction of sp³-hybridized carbons (Fsp3) is 0.500. The van der Waals surface area contributed by atoms with Crippen LogP contribution in [0.1, 0.15) is 24.5 Å². The number of hydrogen-bond donors (Lipinski definition) is 2. The molecule has 4 heteroatoms. The van der Waals surface area contributed by atoms with Gasteiger partial charge in [-0.1, -0.05) is 11.8 Å². The normalized spacial score (nSPS) is 20.5. The number of aliphatic hydroxyl groups excluding tert-OH is 1. The third kappa shape index (κ3) is 4.04. The van der Waals surface area contributed by atoms with Crippen LogP contribution in [0.15, 0.2) is 18.2 Å². The summed E-state index contributed by atoms with van der Waals surface area (Å²) in [7, 11) is 0. The highest BCUT2D eigenvalue weighted by Crippen LogP contribution is 2.22. The van der Waals surface area contributed by atoms with Gasteiger partial charge in [0.2, 0.25) is 0 Å². The Balaban J connectivity index is 2.04. The van der Waals surface area contributed by atoms with Gasteiger partial charge in [0, 0.05) is 18.7 Å². The Bertz CT molecular complexity index is 519. The highest BCUT2D eigenvalue weighted by Gasteiger charge is 2.25. The minimum absolute atomic E-state index is 0.268. The molecule has 0 saturated carbocycles. The summed E-state index contributed by atoms with van der Waals surface area (Å²) in [4.78, 5) is 2.24. The van der Waals surface area contributed by atoms with Crippen LogP contribution in [0.5, 0.6) is 0 Å². The van der Waals surface area contributed by atoms with Gasteiger partial charge in [-0.05, 0) is 49.6 Å². The Morgan fingerprint density at radius 1 is 1.50 bits per heavy atom. The molecule has 0 radical (unpaired) electrons. The van der Waals surface area contributed by atoms with Gasteiger partial charge in [-0.15, -0.1) is 0 Å². The zero-order chi connectivity index (χ0) is 14.5. The number of nitrogens with two attached hydrogens (primary N) is 1. The van der Waals surface area contributed by atoms with Gasteiger partial charge >= 0.3 is 0 Å². The molecule has 1 aromatic carbocycles. The zero-order valence-corrected chi connectivity index (χ0v) is 11.8. The molecule has 3 N–H and O–H groups in total. The molecule has 1 fully saturated rings. The van der Waals surface area contributed by atoms with E-state index < -0.39 is 0 Å². The van der Waals surface area contributed by atoms with E-state index in [4.69, 9.17) is 5.73 Å². The molecule has 3 nitrogen and oxygen atoms in total. The standard InChI is InChI=1S/C16H21FN2O/c1-12(20)15-4-6-19(11-15)10-14-7-13(3-2-5-18)8-16(17)9-14/h7-9,12,15,20H,4-6,10-11,18H2,1H3. The Morgan fingerprint density at radius 3 is 2.95 bits per heavy atom. The van der Waals surface area contributed by atoms with E-state index in [2.05, 4.69) is 16.7 Å². The summed E-state index contributed by atoms with van der Waals surface area (Å²) in [6, 6.07) is 4.87. The average molecular weight is 276 g/mol. The molecule has 20 heavy (non-hydrogen) atoms. The number of rotatable bonds is 3. The van der Waals surface area contributed by atoms with Crippen LogP contribution in [0.2, 0.25) is 0 Å². The predicted octanol–water partition coefficient (Wildman–Crippen LogP) is 1.34. The molecule has 2 atom stereocenters. The van der Waals surface area contributed by atoms with Crippen molar-refractivity contribution in [2.45, 2.75) is 26.0 Å². The first-order valence-corrected chi connectivity index (χ1v) is 6.97. The second kappa shape index (κ2) is 6.85. The first kappa shape index (κ1) is 15.0. The van der Waals surface area contributed by atoms with Gasteiger partial charge in [0.05, 0.1) is 12.6 Å². The minimum atomic E-state index is -0.279. The van der Waals surface area contributed by atoms with E-state index in [0.29, 0.717) is 18.0 Å². The zero-order valence-electron chi connectivity index (χ0n) is 11.8. The molecule has 2 rings (SSSR count). The van der Waals surface area contributed by atoms with Gasteiger partial charge in [-0.3, -0.25) is 4.90 Å². The Hall–Kier alpha value is -1.41. The summed E-state index contributed by atoms with van der Waals surface area (Å²) in [6.45, 7) is 4.59. The highest BCUT2D eigenvalue weighted by molar-refractivity contribution is 5.38. The lowest BCUT2D eigenvalue weighted by molar-refractivity contribution is 0.127. The van der Waals surface area contributed by atoms with E-state index in [1.54, 1.807) is 6.07 Å². The molecule has 0 spiro atoms. The molecule has 1 saturated heterocycles. The summed E-state index contributed by atoms with van der Waals surface area (Å²) in [5.74, 6) is 5.65. The molecular weight excluding hydrogens is 255 g/mol. The van der Waals surface area contributed by atoms with Gasteiger partial charge in [-0.2, -0.15) is 0 Å². The van der Waals surface area contributed by atoms with Gasteiger partial charge in [0.25, 0.3) is 0 Å². The predicted molar refractivity (Wildman–Crippen MR) is 77.4 cm³/mol. The largest absolute Gasteiger partial charge is 0.393 e. The van der Waals surface area contributed by atoms with Crippen LogP contribution in [-0.2, 0) is 6.54 Å². The third-order valence-electron chi connectivity index (χ3n) is 3.69. The van der Waals surface area contributed by atoms with Crippen LogP contribution in [-0.4, -0.2) is 35.7 Å². The molecule has 0 bridgehead atoms. The smallest absolute Gasteiger partial charge is 0.124 e. The van der Waals surface area contributed by atoms with E-state index >= 15 is 0 Å². The number of likely N-dealkylation sites (tertiary alicyclic amines) is 1. The van der Waals surface area contributed by atoms with Crippen LogP contribution in [0.4, 0.5) is 4.39 Å². The lowest BCUT2D eigenvalue weighted by Gasteiger charge is -2.17. The van der Waals surface area contributed by atoms with Gasteiger partial charge in [-0.25, -0.2) is 4.39 Å². The number of halogens is 1. The molecule has 1 aliphatic heterocycles. The van der Waals surface area contributed by atoms with Gasteiger partial charge in [0.1, 0.15) is 5.82 Å². The van der Waals surface area contributed by atoms with Crippen molar-refractivity contribution in [1.82, 2.24) is 4.90 Å². The molecule has 2 unspecified atom stereocenters. The fourth-order valence-electron chi connectivity index (χ4n) is 2.63. The first-order valence-electron chi connectivity index (χ1n) is 6.97. The quantitative estimate of drug-likeness (QED) is 0.819. The molecule has 0 amide bonds. The number of aliphatic hydroxyl groups is 1. The monoisotopic (exact) mass is 276 g/mol. The van der Waals surface area contributed by atoms with Crippen molar-refractivity contribution < 1.29 is 9.50 Å². The maximum absolute atomic E-state index is 13.6. The molecule has 1 aliphatic rings. The second-order valence-corrected chi connectivity index (χ2v) is 5.38. The van der Waals surface area contributed by atoms with E-state index in [9.17, 15) is 9.50 Å². The fourth-order valence-corrected chi connectivity index (χ4v) is 2.63. The number of benzene rings is 1. The summed E-state index contributed by atoms with van der Waals surface area (Å²) >= 11 is 0. The average Bonchev–Trinajstić information content (AvgIpc) is 2.84. The topological polar surface area (TPSA) is 49.5 Å². The minimum Gasteiger partial charge on any atom is -0.393 e. The van der Waals surface area contributed by atoms with E-state index in [-0.39, 0.29) is 18.5 Å². The number of nitrogens with zero attached hydrogens (tertiary/aromatic N) is 1. The van der Waals surface area contributed by atoms with Crippen LogP contribution >= 0.6 is 0 Å². The van der Waals surface area contributed by atoms with Crippen molar-refractivity contribution in [2.24, 2.45) is 11.7 Å². The van der Waals surface area contributed by atoms with E-state index in [1.807, 2.05) is 13.0 Å².